The van der Waals surface area contributed by atoms with Crippen molar-refractivity contribution in [1.82, 2.24) is 15.1 Å². The van der Waals surface area contributed by atoms with Crippen molar-refractivity contribution in [2.24, 2.45) is 5.92 Å². The van der Waals surface area contributed by atoms with E-state index in [1.54, 1.807) is 32.9 Å². The third-order valence-electron chi connectivity index (χ3n) is 6.87. The Hall–Kier alpha value is -3.30. The first-order valence-electron chi connectivity index (χ1n) is 13.3. The molecule has 10 nitrogen and oxygen atoms in total. The van der Waals surface area contributed by atoms with E-state index >= 15 is 0 Å². The molecule has 0 spiro atoms. The summed E-state index contributed by atoms with van der Waals surface area (Å²) >= 11 is 0. The molecule has 4 rings (SSSR count). The Morgan fingerprint density at radius 1 is 1.08 bits per heavy atom. The number of nitrogens with one attached hydrogen (secondary N) is 2. The van der Waals surface area contributed by atoms with Crippen LogP contribution in [0.15, 0.2) is 18.2 Å². The number of anilines is 2. The lowest BCUT2D eigenvalue weighted by Gasteiger charge is -2.33. The molecule has 0 bridgehead atoms. The molecule has 2 heterocycles. The molecule has 10 heteroatoms. The molecule has 1 aliphatic carbocycles. The van der Waals surface area contributed by atoms with E-state index in [2.05, 4.69) is 10.6 Å². The maximum Gasteiger partial charge on any atom is 0.410 e. The topological polar surface area (TPSA) is 111 Å². The summed E-state index contributed by atoms with van der Waals surface area (Å²) in [5.41, 5.74) is 0.866. The Kier molecular flexibility index (Phi) is 7.94. The summed E-state index contributed by atoms with van der Waals surface area (Å²) in [5.74, 6) is 0.327. The summed E-state index contributed by atoms with van der Waals surface area (Å²) in [6.45, 7) is 9.68. The van der Waals surface area contributed by atoms with E-state index in [1.807, 2.05) is 27.7 Å². The predicted octanol–water partition coefficient (Wildman–Crippen LogP) is 3.82. The number of benzene rings is 1. The highest BCUT2D eigenvalue weighted by atomic mass is 16.6. The van der Waals surface area contributed by atoms with Crippen LogP contribution in [0.2, 0.25) is 0 Å². The van der Waals surface area contributed by atoms with Crippen LogP contribution in [0.5, 0.6) is 0 Å². The van der Waals surface area contributed by atoms with Crippen molar-refractivity contribution in [3.05, 3.63) is 23.8 Å². The van der Waals surface area contributed by atoms with E-state index in [1.165, 1.54) is 12.8 Å². The number of carbonyl (C=O) groups is 4. The average molecular weight is 514 g/mol. The van der Waals surface area contributed by atoms with E-state index in [0.29, 0.717) is 56.1 Å². The number of hydrogen-bond donors (Lipinski definition) is 2. The normalized spacial score (nSPS) is 20.4. The molecule has 0 unspecified atom stereocenters. The minimum atomic E-state index is -0.587. The van der Waals surface area contributed by atoms with E-state index in [0.717, 1.165) is 12.3 Å². The van der Waals surface area contributed by atoms with Crippen molar-refractivity contribution in [3.8, 4) is 0 Å². The zero-order chi connectivity index (χ0) is 26.7. The molecule has 1 atom stereocenters. The van der Waals surface area contributed by atoms with Gasteiger partial charge in [-0.3, -0.25) is 14.5 Å². The van der Waals surface area contributed by atoms with Crippen LogP contribution in [0.3, 0.4) is 0 Å². The van der Waals surface area contributed by atoms with Crippen molar-refractivity contribution in [2.75, 3.05) is 42.9 Å². The fourth-order valence-corrected chi connectivity index (χ4v) is 4.75. The van der Waals surface area contributed by atoms with Crippen LogP contribution in [0.4, 0.5) is 21.0 Å². The van der Waals surface area contributed by atoms with E-state index in [9.17, 15) is 19.2 Å². The number of carbonyl (C=O) groups excluding carboxylic acids is 4. The highest BCUT2D eigenvalue weighted by Gasteiger charge is 2.34. The number of nitrogens with zero attached hydrogens (tertiary/aromatic N) is 3. The van der Waals surface area contributed by atoms with Crippen LogP contribution in [0.1, 0.15) is 70.2 Å². The molecule has 5 amide bonds. The van der Waals surface area contributed by atoms with Crippen LogP contribution in [0.25, 0.3) is 0 Å². The van der Waals surface area contributed by atoms with E-state index in [-0.39, 0.29) is 36.4 Å². The molecule has 3 aliphatic rings. The SMILES string of the molecule is C[C@H]1CC(=O)Nc2cc(C(=O)NCCC3CC3)ccc2N1C(=O)N1CCCN(C(=O)OC(C)(C)C)CC1. The van der Waals surface area contributed by atoms with Crippen LogP contribution in [-0.4, -0.2) is 78.1 Å². The van der Waals surface area contributed by atoms with Crippen LogP contribution >= 0.6 is 0 Å². The zero-order valence-electron chi connectivity index (χ0n) is 22.3. The molecule has 2 N–H and O–H groups in total. The molecule has 2 aliphatic heterocycles. The van der Waals surface area contributed by atoms with Gasteiger partial charge in [0.15, 0.2) is 0 Å². The first-order chi connectivity index (χ1) is 17.5. The second-order valence-electron chi connectivity index (χ2n) is 11.3. The third-order valence-corrected chi connectivity index (χ3v) is 6.87. The van der Waals surface area contributed by atoms with Gasteiger partial charge in [0, 0.05) is 50.7 Å². The van der Waals surface area contributed by atoms with Gasteiger partial charge < -0.3 is 25.2 Å². The Morgan fingerprint density at radius 2 is 1.78 bits per heavy atom. The van der Waals surface area contributed by atoms with E-state index < -0.39 is 5.60 Å². The number of fused-ring (bicyclic) bond motifs is 1. The molecule has 1 saturated carbocycles. The molecule has 37 heavy (non-hydrogen) atoms. The van der Waals surface area contributed by atoms with Gasteiger partial charge in [-0.1, -0.05) is 12.8 Å². The minimum absolute atomic E-state index is 0.140. The lowest BCUT2D eigenvalue weighted by atomic mass is 10.1. The molecular weight excluding hydrogens is 474 g/mol. The van der Waals surface area contributed by atoms with Gasteiger partial charge in [0.1, 0.15) is 5.60 Å². The van der Waals surface area contributed by atoms with Gasteiger partial charge in [0.25, 0.3) is 5.91 Å². The Balaban J connectivity index is 1.48. The van der Waals surface area contributed by atoms with Crippen LogP contribution in [0, 0.1) is 5.92 Å². The second-order valence-corrected chi connectivity index (χ2v) is 11.3. The summed E-state index contributed by atoms with van der Waals surface area (Å²) in [5, 5.41) is 5.83. The zero-order valence-corrected chi connectivity index (χ0v) is 22.3. The third kappa shape index (κ3) is 6.93. The average Bonchev–Trinajstić information content (AvgIpc) is 3.65. The standard InChI is InChI=1S/C27H39N5O5/c1-18-16-23(33)29-21-17-20(24(34)28-11-10-19-6-7-19)8-9-22(21)32(18)25(35)30-12-5-13-31(15-14-30)26(36)37-27(2,3)4/h8-9,17-19H,5-7,10-16H2,1-4H3,(H,28,34)(H,29,33)/t18-/m0/s1. The van der Waals surface area contributed by atoms with Crippen molar-refractivity contribution in [1.29, 1.82) is 0 Å². The van der Waals surface area contributed by atoms with Crippen molar-refractivity contribution in [2.45, 2.75) is 71.4 Å². The summed E-state index contributed by atoms with van der Waals surface area (Å²) in [7, 11) is 0. The minimum Gasteiger partial charge on any atom is -0.444 e. The fraction of sp³-hybridized carbons (Fsp3) is 0.630. The molecular formula is C27H39N5O5. The van der Waals surface area contributed by atoms with Crippen molar-refractivity contribution >= 4 is 35.3 Å². The maximum absolute atomic E-state index is 13.8. The number of rotatable bonds is 4. The highest BCUT2D eigenvalue weighted by Crippen LogP contribution is 2.34. The molecule has 1 aromatic rings. The number of urea groups is 1. The number of ether oxygens (including phenoxy) is 1. The lowest BCUT2D eigenvalue weighted by Crippen LogP contribution is -2.49. The number of hydrogen-bond acceptors (Lipinski definition) is 5. The monoisotopic (exact) mass is 513 g/mol. The Labute approximate surface area is 218 Å². The van der Waals surface area contributed by atoms with Gasteiger partial charge in [-0.15, -0.1) is 0 Å². The predicted molar refractivity (Wildman–Crippen MR) is 141 cm³/mol. The Bertz CT molecular complexity index is 1050. The molecule has 1 saturated heterocycles. The van der Waals surface area contributed by atoms with Crippen molar-refractivity contribution in [3.63, 3.8) is 0 Å². The summed E-state index contributed by atoms with van der Waals surface area (Å²) < 4.78 is 5.50. The highest BCUT2D eigenvalue weighted by molar-refractivity contribution is 6.06. The molecule has 2 fully saturated rings. The maximum atomic E-state index is 13.8. The molecule has 202 valence electrons. The van der Waals surface area contributed by atoms with Crippen LogP contribution < -0.4 is 15.5 Å². The summed E-state index contributed by atoms with van der Waals surface area (Å²) in [6.07, 6.45) is 3.83. The van der Waals surface area contributed by atoms with Gasteiger partial charge in [0.2, 0.25) is 5.91 Å². The Morgan fingerprint density at radius 3 is 2.49 bits per heavy atom. The molecule has 0 radical (unpaired) electrons. The fourth-order valence-electron chi connectivity index (χ4n) is 4.75. The first-order valence-corrected chi connectivity index (χ1v) is 13.3. The van der Waals surface area contributed by atoms with E-state index in [4.69, 9.17) is 4.74 Å². The van der Waals surface area contributed by atoms with Gasteiger partial charge in [-0.25, -0.2) is 9.59 Å². The van der Waals surface area contributed by atoms with Gasteiger partial charge in [0.05, 0.1) is 11.4 Å². The largest absolute Gasteiger partial charge is 0.444 e. The smallest absolute Gasteiger partial charge is 0.410 e. The summed E-state index contributed by atoms with van der Waals surface area (Å²) in [6, 6.07) is 4.47. The van der Waals surface area contributed by atoms with Crippen LogP contribution in [-0.2, 0) is 9.53 Å². The summed E-state index contributed by atoms with van der Waals surface area (Å²) in [4.78, 5) is 56.6. The quantitative estimate of drug-likeness (QED) is 0.636. The molecule has 1 aromatic carbocycles. The van der Waals surface area contributed by atoms with Crippen molar-refractivity contribution < 1.29 is 23.9 Å². The first kappa shape index (κ1) is 26.8. The molecule has 0 aromatic heterocycles. The number of amides is 5. The van der Waals surface area contributed by atoms with Gasteiger partial charge >= 0.3 is 12.1 Å². The van der Waals surface area contributed by atoms with Gasteiger partial charge in [-0.2, -0.15) is 0 Å². The van der Waals surface area contributed by atoms with Gasteiger partial charge in [-0.05, 0) is 64.7 Å². The lowest BCUT2D eigenvalue weighted by molar-refractivity contribution is -0.116. The second kappa shape index (κ2) is 11.0.